The standard InChI is InChI=1S/C35H48N2O3/c1-7-10-16-32(27-20-18-26(19-21-27)22-25(4)5)36-29-14-11-13-28(23-29)35(39)31-24-30(37(6)33(31)8-2)15-12-17-34(38)40-9-3/h11,13-14,18-21,23-25,32,36H,7-10,12,15-17,22H2,1-6H3. The fourth-order valence-electron chi connectivity index (χ4n) is 5.41. The van der Waals surface area contributed by atoms with Crippen molar-refractivity contribution in [3.05, 3.63) is 88.2 Å². The van der Waals surface area contributed by atoms with E-state index in [-0.39, 0.29) is 17.8 Å². The molecule has 1 unspecified atom stereocenters. The second kappa shape index (κ2) is 15.4. The Morgan fingerprint density at radius 1 is 0.975 bits per heavy atom. The first-order valence-corrected chi connectivity index (χ1v) is 15.1. The Morgan fingerprint density at radius 2 is 1.73 bits per heavy atom. The fourth-order valence-corrected chi connectivity index (χ4v) is 5.41. The molecule has 0 aliphatic heterocycles. The molecule has 5 nitrogen and oxygen atoms in total. The van der Waals surface area contributed by atoms with Crippen LogP contribution in [0.25, 0.3) is 0 Å². The Hall–Kier alpha value is -3.34. The maximum absolute atomic E-state index is 13.7. The molecule has 0 aliphatic carbocycles. The number of aromatic nitrogens is 1. The van der Waals surface area contributed by atoms with E-state index in [1.54, 1.807) is 0 Å². The summed E-state index contributed by atoms with van der Waals surface area (Å²) in [5.74, 6) is 0.506. The first-order valence-electron chi connectivity index (χ1n) is 15.1. The van der Waals surface area contributed by atoms with Crippen molar-refractivity contribution in [3.63, 3.8) is 0 Å². The van der Waals surface area contributed by atoms with Gasteiger partial charge in [0.1, 0.15) is 0 Å². The molecule has 0 fully saturated rings. The lowest BCUT2D eigenvalue weighted by Crippen LogP contribution is -2.12. The molecule has 0 bridgehead atoms. The number of hydrogen-bond acceptors (Lipinski definition) is 4. The number of anilines is 1. The molecule has 2 aromatic carbocycles. The molecule has 40 heavy (non-hydrogen) atoms. The molecule has 1 heterocycles. The van der Waals surface area contributed by atoms with Gasteiger partial charge < -0.3 is 14.6 Å². The van der Waals surface area contributed by atoms with Crippen LogP contribution in [0, 0.1) is 5.92 Å². The van der Waals surface area contributed by atoms with Crippen LogP contribution in [-0.2, 0) is 35.8 Å². The van der Waals surface area contributed by atoms with E-state index in [4.69, 9.17) is 4.74 Å². The monoisotopic (exact) mass is 544 g/mol. The minimum atomic E-state index is -0.170. The van der Waals surface area contributed by atoms with Crippen LogP contribution in [0.4, 0.5) is 5.69 Å². The first-order chi connectivity index (χ1) is 19.3. The Morgan fingerprint density at radius 3 is 2.38 bits per heavy atom. The number of ketones is 1. The van der Waals surface area contributed by atoms with Crippen LogP contribution in [-0.4, -0.2) is 22.9 Å². The van der Waals surface area contributed by atoms with Crippen molar-refractivity contribution in [3.8, 4) is 0 Å². The number of aryl methyl sites for hydroxylation is 1. The molecule has 0 saturated heterocycles. The number of carbonyl (C=O) groups excluding carboxylic acids is 2. The predicted octanol–water partition coefficient (Wildman–Crippen LogP) is 8.25. The van der Waals surface area contributed by atoms with Gasteiger partial charge in [-0.2, -0.15) is 0 Å². The molecular weight excluding hydrogens is 496 g/mol. The summed E-state index contributed by atoms with van der Waals surface area (Å²) in [7, 11) is 2.01. The van der Waals surface area contributed by atoms with Crippen molar-refractivity contribution in [2.75, 3.05) is 11.9 Å². The van der Waals surface area contributed by atoms with Crippen LogP contribution in [0.2, 0.25) is 0 Å². The second-order valence-corrected chi connectivity index (χ2v) is 11.2. The van der Waals surface area contributed by atoms with Gasteiger partial charge >= 0.3 is 5.97 Å². The van der Waals surface area contributed by atoms with E-state index in [0.29, 0.717) is 30.9 Å². The topological polar surface area (TPSA) is 60.3 Å². The van der Waals surface area contributed by atoms with Gasteiger partial charge in [-0.3, -0.25) is 9.59 Å². The highest BCUT2D eigenvalue weighted by molar-refractivity contribution is 6.10. The quantitative estimate of drug-likeness (QED) is 0.146. The summed E-state index contributed by atoms with van der Waals surface area (Å²) in [6.07, 6.45) is 6.97. The van der Waals surface area contributed by atoms with Crippen molar-refractivity contribution in [2.24, 2.45) is 13.0 Å². The highest BCUT2D eigenvalue weighted by Gasteiger charge is 2.20. The minimum absolute atomic E-state index is 0.0379. The number of unbranched alkanes of at least 4 members (excludes halogenated alkanes) is 1. The van der Waals surface area contributed by atoms with Crippen LogP contribution < -0.4 is 5.32 Å². The average Bonchev–Trinajstić information content (AvgIpc) is 3.26. The lowest BCUT2D eigenvalue weighted by molar-refractivity contribution is -0.143. The average molecular weight is 545 g/mol. The number of ether oxygens (including phenoxy) is 1. The van der Waals surface area contributed by atoms with Crippen LogP contribution in [0.15, 0.2) is 54.6 Å². The summed E-state index contributed by atoms with van der Waals surface area (Å²) in [5, 5.41) is 3.73. The molecule has 0 radical (unpaired) electrons. The van der Waals surface area contributed by atoms with Crippen molar-refractivity contribution >= 4 is 17.4 Å². The van der Waals surface area contributed by atoms with Crippen LogP contribution in [0.5, 0.6) is 0 Å². The van der Waals surface area contributed by atoms with Crippen molar-refractivity contribution in [2.45, 2.75) is 92.0 Å². The summed E-state index contributed by atoms with van der Waals surface area (Å²) < 4.78 is 7.17. The Labute approximate surface area is 241 Å². The van der Waals surface area contributed by atoms with Crippen molar-refractivity contribution < 1.29 is 14.3 Å². The second-order valence-electron chi connectivity index (χ2n) is 11.2. The van der Waals surface area contributed by atoms with Gasteiger partial charge in [0.05, 0.1) is 12.6 Å². The molecule has 1 atom stereocenters. The molecule has 1 aromatic heterocycles. The minimum Gasteiger partial charge on any atom is -0.466 e. The van der Waals surface area contributed by atoms with Gasteiger partial charge in [-0.1, -0.05) is 76.9 Å². The number of esters is 1. The van der Waals surface area contributed by atoms with Crippen molar-refractivity contribution in [1.82, 2.24) is 4.57 Å². The number of nitrogens with zero attached hydrogens (tertiary/aromatic N) is 1. The predicted molar refractivity (Wildman–Crippen MR) is 165 cm³/mol. The Kier molecular flexibility index (Phi) is 12.0. The third-order valence-electron chi connectivity index (χ3n) is 7.49. The fraction of sp³-hybridized carbons (Fsp3) is 0.486. The number of hydrogen-bond donors (Lipinski definition) is 1. The Balaban J connectivity index is 1.79. The van der Waals surface area contributed by atoms with E-state index in [1.807, 2.05) is 38.2 Å². The van der Waals surface area contributed by atoms with Crippen LogP contribution in [0.1, 0.15) is 111 Å². The van der Waals surface area contributed by atoms with E-state index in [2.05, 4.69) is 67.9 Å². The molecule has 3 aromatic rings. The number of rotatable bonds is 16. The van der Waals surface area contributed by atoms with Gasteiger partial charge in [0.15, 0.2) is 5.78 Å². The summed E-state index contributed by atoms with van der Waals surface area (Å²) in [6, 6.07) is 19.1. The van der Waals surface area contributed by atoms with E-state index in [9.17, 15) is 9.59 Å². The third-order valence-corrected chi connectivity index (χ3v) is 7.49. The van der Waals surface area contributed by atoms with Crippen LogP contribution >= 0.6 is 0 Å². The van der Waals surface area contributed by atoms with Gasteiger partial charge in [-0.15, -0.1) is 0 Å². The zero-order valence-corrected chi connectivity index (χ0v) is 25.4. The highest BCUT2D eigenvalue weighted by atomic mass is 16.5. The summed E-state index contributed by atoms with van der Waals surface area (Å²) in [4.78, 5) is 25.5. The zero-order chi connectivity index (χ0) is 29.1. The lowest BCUT2D eigenvalue weighted by atomic mass is 9.96. The molecule has 5 heteroatoms. The molecule has 0 spiro atoms. The lowest BCUT2D eigenvalue weighted by Gasteiger charge is -2.21. The van der Waals surface area contributed by atoms with Gasteiger partial charge in [0, 0.05) is 41.7 Å². The summed E-state index contributed by atoms with van der Waals surface area (Å²) in [6.45, 7) is 11.0. The maximum Gasteiger partial charge on any atom is 0.305 e. The summed E-state index contributed by atoms with van der Waals surface area (Å²) in [5.41, 5.74) is 7.14. The molecular formula is C35H48N2O3. The molecule has 0 amide bonds. The normalized spacial score (nSPS) is 12.0. The van der Waals surface area contributed by atoms with E-state index >= 15 is 0 Å². The van der Waals surface area contributed by atoms with Gasteiger partial charge in [-0.05, 0) is 74.3 Å². The maximum atomic E-state index is 13.7. The largest absolute Gasteiger partial charge is 0.466 e. The highest BCUT2D eigenvalue weighted by Crippen LogP contribution is 2.28. The van der Waals surface area contributed by atoms with Crippen molar-refractivity contribution in [1.29, 1.82) is 0 Å². The van der Waals surface area contributed by atoms with E-state index in [1.165, 1.54) is 11.1 Å². The van der Waals surface area contributed by atoms with Gasteiger partial charge in [-0.25, -0.2) is 0 Å². The van der Waals surface area contributed by atoms with Gasteiger partial charge in [0.25, 0.3) is 0 Å². The van der Waals surface area contributed by atoms with Crippen LogP contribution in [0.3, 0.4) is 0 Å². The molecule has 0 saturated carbocycles. The smallest absolute Gasteiger partial charge is 0.305 e. The van der Waals surface area contributed by atoms with E-state index < -0.39 is 0 Å². The van der Waals surface area contributed by atoms with E-state index in [0.717, 1.165) is 61.2 Å². The van der Waals surface area contributed by atoms with Gasteiger partial charge in [0.2, 0.25) is 0 Å². The number of nitrogens with one attached hydrogen (secondary N) is 1. The molecule has 216 valence electrons. The number of benzene rings is 2. The molecule has 0 aliphatic rings. The number of carbonyl (C=O) groups is 2. The SMILES string of the molecule is CCCCC(Nc1cccc(C(=O)c2cc(CCCC(=O)OCC)n(C)c2CC)c1)c1ccc(CC(C)C)cc1. The molecule has 3 rings (SSSR count). The summed E-state index contributed by atoms with van der Waals surface area (Å²) >= 11 is 0. The molecule has 1 N–H and O–H groups in total. The first kappa shape index (κ1) is 31.2. The Bertz CT molecular complexity index is 1240. The zero-order valence-electron chi connectivity index (χ0n) is 25.4. The third kappa shape index (κ3) is 8.58.